The second-order valence-electron chi connectivity index (χ2n) is 6.88. The van der Waals surface area contributed by atoms with Crippen molar-refractivity contribution in [1.29, 1.82) is 0 Å². The number of ether oxygens (including phenoxy) is 1. The highest BCUT2D eigenvalue weighted by Gasteiger charge is 2.16. The van der Waals surface area contributed by atoms with E-state index in [1.807, 2.05) is 19.9 Å². The van der Waals surface area contributed by atoms with E-state index in [2.05, 4.69) is 34.6 Å². The number of carbonyl (C=O) groups excluding carboxylic acids is 1. The Labute approximate surface area is 145 Å². The van der Waals surface area contributed by atoms with Gasteiger partial charge in [0.2, 0.25) is 5.91 Å². The van der Waals surface area contributed by atoms with E-state index in [9.17, 15) is 4.79 Å². The Morgan fingerprint density at radius 1 is 1.25 bits per heavy atom. The number of amides is 1. The van der Waals surface area contributed by atoms with Crippen LogP contribution in [-0.4, -0.2) is 43.6 Å². The molecule has 1 heterocycles. The van der Waals surface area contributed by atoms with Crippen molar-refractivity contribution in [3.63, 3.8) is 0 Å². The molecule has 1 aliphatic heterocycles. The first-order chi connectivity index (χ1) is 11.5. The number of rotatable bonds is 8. The minimum absolute atomic E-state index is 0.0302. The maximum atomic E-state index is 11.8. The minimum Gasteiger partial charge on any atom is -0.496 e. The van der Waals surface area contributed by atoms with E-state index in [1.54, 1.807) is 7.11 Å². The topological polar surface area (TPSA) is 53.6 Å². The Balaban J connectivity index is 1.99. The predicted octanol–water partition coefficient (Wildman–Crippen LogP) is 2.47. The van der Waals surface area contributed by atoms with Crippen LogP contribution < -0.4 is 15.4 Å². The number of likely N-dealkylation sites (tertiary alicyclic amines) is 1. The van der Waals surface area contributed by atoms with Gasteiger partial charge in [0.05, 0.1) is 13.7 Å². The summed E-state index contributed by atoms with van der Waals surface area (Å²) in [5, 5.41) is 6.20. The van der Waals surface area contributed by atoms with Crippen LogP contribution in [0, 0.1) is 0 Å². The summed E-state index contributed by atoms with van der Waals surface area (Å²) >= 11 is 0. The van der Waals surface area contributed by atoms with E-state index in [1.165, 1.54) is 24.0 Å². The third kappa shape index (κ3) is 5.49. The number of benzene rings is 1. The first-order valence-electron chi connectivity index (χ1n) is 8.91. The second-order valence-corrected chi connectivity index (χ2v) is 6.88. The summed E-state index contributed by atoms with van der Waals surface area (Å²) in [5.41, 5.74) is 2.40. The Hall–Kier alpha value is -1.59. The Morgan fingerprint density at radius 2 is 1.96 bits per heavy atom. The molecule has 1 aromatic rings. The Kier molecular flexibility index (Phi) is 7.06. The fourth-order valence-electron chi connectivity index (χ4n) is 3.11. The molecule has 0 spiro atoms. The lowest BCUT2D eigenvalue weighted by Gasteiger charge is -2.20. The number of hydrogen-bond acceptors (Lipinski definition) is 4. The predicted molar refractivity (Wildman–Crippen MR) is 97.2 cm³/mol. The zero-order valence-corrected chi connectivity index (χ0v) is 15.4. The molecule has 1 atom stereocenters. The van der Waals surface area contributed by atoms with Crippen LogP contribution in [0.3, 0.4) is 0 Å². The zero-order valence-electron chi connectivity index (χ0n) is 15.4. The fourth-order valence-corrected chi connectivity index (χ4v) is 3.11. The highest BCUT2D eigenvalue weighted by Crippen LogP contribution is 2.26. The van der Waals surface area contributed by atoms with E-state index in [0.29, 0.717) is 6.54 Å². The summed E-state index contributed by atoms with van der Waals surface area (Å²) in [6, 6.07) is 6.60. The van der Waals surface area contributed by atoms with Gasteiger partial charge in [0.15, 0.2) is 0 Å². The molecule has 0 bridgehead atoms. The SMILES string of the molecule is COc1ccc([C@@H](C)NCC(=O)NC(C)C)cc1CN1CCCC1. The van der Waals surface area contributed by atoms with E-state index in [0.717, 1.165) is 25.4 Å². The lowest BCUT2D eigenvalue weighted by atomic mass is 10.0. The molecule has 134 valence electrons. The molecule has 1 fully saturated rings. The monoisotopic (exact) mass is 333 g/mol. The van der Waals surface area contributed by atoms with Gasteiger partial charge >= 0.3 is 0 Å². The third-order valence-electron chi connectivity index (χ3n) is 4.42. The molecule has 1 saturated heterocycles. The zero-order chi connectivity index (χ0) is 17.5. The molecule has 1 aliphatic rings. The van der Waals surface area contributed by atoms with Crippen molar-refractivity contribution in [2.75, 3.05) is 26.7 Å². The summed E-state index contributed by atoms with van der Waals surface area (Å²) < 4.78 is 5.52. The van der Waals surface area contributed by atoms with Crippen LogP contribution in [0.2, 0.25) is 0 Å². The van der Waals surface area contributed by atoms with E-state index >= 15 is 0 Å². The fraction of sp³-hybridized carbons (Fsp3) is 0.632. The molecule has 0 aliphatic carbocycles. The molecule has 1 amide bonds. The minimum atomic E-state index is 0.0302. The number of nitrogens with one attached hydrogen (secondary N) is 2. The number of methoxy groups -OCH3 is 1. The molecule has 0 radical (unpaired) electrons. The van der Waals surface area contributed by atoms with Crippen molar-refractivity contribution in [1.82, 2.24) is 15.5 Å². The highest BCUT2D eigenvalue weighted by atomic mass is 16.5. The molecular weight excluding hydrogens is 302 g/mol. The van der Waals surface area contributed by atoms with Crippen LogP contribution in [0.1, 0.15) is 50.8 Å². The summed E-state index contributed by atoms with van der Waals surface area (Å²) in [5.74, 6) is 0.970. The first-order valence-corrected chi connectivity index (χ1v) is 8.91. The third-order valence-corrected chi connectivity index (χ3v) is 4.42. The van der Waals surface area contributed by atoms with Gasteiger partial charge in [-0.05, 0) is 64.4 Å². The number of carbonyl (C=O) groups is 1. The summed E-state index contributed by atoms with van der Waals surface area (Å²) in [4.78, 5) is 14.3. The van der Waals surface area contributed by atoms with Gasteiger partial charge in [0.1, 0.15) is 5.75 Å². The van der Waals surface area contributed by atoms with Gasteiger partial charge in [-0.3, -0.25) is 9.69 Å². The van der Waals surface area contributed by atoms with Gasteiger partial charge < -0.3 is 15.4 Å². The van der Waals surface area contributed by atoms with Crippen molar-refractivity contribution < 1.29 is 9.53 Å². The van der Waals surface area contributed by atoms with Crippen molar-refractivity contribution >= 4 is 5.91 Å². The van der Waals surface area contributed by atoms with Gasteiger partial charge in [0, 0.05) is 24.2 Å². The summed E-state index contributed by atoms with van der Waals surface area (Å²) in [6.45, 7) is 9.60. The molecule has 0 aromatic heterocycles. The van der Waals surface area contributed by atoms with Crippen molar-refractivity contribution in [2.24, 2.45) is 0 Å². The summed E-state index contributed by atoms with van der Waals surface area (Å²) in [7, 11) is 1.72. The molecular formula is C19H31N3O2. The molecule has 24 heavy (non-hydrogen) atoms. The molecule has 1 aromatic carbocycles. The van der Waals surface area contributed by atoms with E-state index in [4.69, 9.17) is 4.74 Å². The molecule has 0 unspecified atom stereocenters. The Bertz CT molecular complexity index is 539. The summed E-state index contributed by atoms with van der Waals surface area (Å²) in [6.07, 6.45) is 2.57. The molecule has 2 N–H and O–H groups in total. The average molecular weight is 333 g/mol. The van der Waals surface area contributed by atoms with E-state index < -0.39 is 0 Å². The molecule has 5 nitrogen and oxygen atoms in total. The van der Waals surface area contributed by atoms with Crippen molar-refractivity contribution in [2.45, 2.75) is 52.2 Å². The largest absolute Gasteiger partial charge is 0.496 e. The van der Waals surface area contributed by atoms with Crippen LogP contribution in [0.25, 0.3) is 0 Å². The maximum absolute atomic E-state index is 11.8. The van der Waals surface area contributed by atoms with Crippen LogP contribution in [0.15, 0.2) is 18.2 Å². The van der Waals surface area contributed by atoms with Gasteiger partial charge in [-0.1, -0.05) is 6.07 Å². The van der Waals surface area contributed by atoms with Gasteiger partial charge in [-0.15, -0.1) is 0 Å². The second kappa shape index (κ2) is 9.04. The normalized spacial score (nSPS) is 16.4. The van der Waals surface area contributed by atoms with Crippen LogP contribution in [0.4, 0.5) is 0 Å². The standard InChI is InChI=1S/C19H31N3O2/c1-14(2)21-19(23)12-20-15(3)16-7-8-18(24-4)17(11-16)13-22-9-5-6-10-22/h7-8,11,14-15,20H,5-6,9-10,12-13H2,1-4H3,(H,21,23)/t15-/m1/s1. The average Bonchev–Trinajstić information content (AvgIpc) is 3.05. The molecule has 0 saturated carbocycles. The van der Waals surface area contributed by atoms with Crippen molar-refractivity contribution in [3.05, 3.63) is 29.3 Å². The highest BCUT2D eigenvalue weighted by molar-refractivity contribution is 5.78. The lowest BCUT2D eigenvalue weighted by Crippen LogP contribution is -2.38. The van der Waals surface area contributed by atoms with E-state index in [-0.39, 0.29) is 18.0 Å². The van der Waals surface area contributed by atoms with Gasteiger partial charge in [0.25, 0.3) is 0 Å². The van der Waals surface area contributed by atoms with Gasteiger partial charge in [-0.2, -0.15) is 0 Å². The van der Waals surface area contributed by atoms with Crippen LogP contribution >= 0.6 is 0 Å². The quantitative estimate of drug-likeness (QED) is 0.767. The maximum Gasteiger partial charge on any atom is 0.234 e. The van der Waals surface area contributed by atoms with Crippen LogP contribution in [0.5, 0.6) is 5.75 Å². The molecule has 5 heteroatoms. The Morgan fingerprint density at radius 3 is 2.58 bits per heavy atom. The number of nitrogens with zero attached hydrogens (tertiary/aromatic N) is 1. The lowest BCUT2D eigenvalue weighted by molar-refractivity contribution is -0.120. The first kappa shape index (κ1) is 18.7. The smallest absolute Gasteiger partial charge is 0.234 e. The molecule has 2 rings (SSSR count). The van der Waals surface area contributed by atoms with Crippen LogP contribution in [-0.2, 0) is 11.3 Å². The van der Waals surface area contributed by atoms with Crippen molar-refractivity contribution in [3.8, 4) is 5.75 Å². The van der Waals surface area contributed by atoms with Gasteiger partial charge in [-0.25, -0.2) is 0 Å². The number of hydrogen-bond donors (Lipinski definition) is 2.